The molecule has 0 radical (unpaired) electrons. The molecule has 0 amide bonds. The molecular formula is C14H19ClN4. The van der Waals surface area contributed by atoms with E-state index in [1.165, 1.54) is 19.4 Å². The van der Waals surface area contributed by atoms with Crippen LogP contribution in [0, 0.1) is 0 Å². The van der Waals surface area contributed by atoms with Crippen LogP contribution in [0.15, 0.2) is 18.3 Å². The predicted molar refractivity (Wildman–Crippen MR) is 77.4 cm³/mol. The predicted octanol–water partition coefficient (Wildman–Crippen LogP) is 2.83. The second kappa shape index (κ2) is 5.10. The molecule has 3 rings (SSSR count). The summed E-state index contributed by atoms with van der Waals surface area (Å²) in [7, 11) is 2.19. The molecule has 2 aromatic heterocycles. The van der Waals surface area contributed by atoms with Gasteiger partial charge in [0.05, 0.1) is 5.38 Å². The first-order valence-electron chi connectivity index (χ1n) is 6.82. The molecule has 19 heavy (non-hydrogen) atoms. The summed E-state index contributed by atoms with van der Waals surface area (Å²) in [6, 6.07) is 4.48. The zero-order valence-electron chi connectivity index (χ0n) is 11.4. The van der Waals surface area contributed by atoms with Gasteiger partial charge in [-0.05, 0) is 45.5 Å². The number of halogens is 1. The monoisotopic (exact) mass is 278 g/mol. The molecule has 0 bridgehead atoms. The van der Waals surface area contributed by atoms with Crippen LogP contribution in [0.2, 0.25) is 0 Å². The van der Waals surface area contributed by atoms with Crippen LogP contribution in [-0.2, 0) is 6.54 Å². The molecule has 0 aromatic carbocycles. The minimum absolute atomic E-state index is 0.0964. The highest BCUT2D eigenvalue weighted by Gasteiger charge is 2.24. The lowest BCUT2D eigenvalue weighted by atomic mass is 10.2. The first-order chi connectivity index (χ1) is 9.16. The molecule has 102 valence electrons. The Balaban J connectivity index is 2.02. The minimum Gasteiger partial charge on any atom is -0.310 e. The Morgan fingerprint density at radius 3 is 3.05 bits per heavy atom. The highest BCUT2D eigenvalue weighted by molar-refractivity contribution is 6.20. The number of fused-ring (bicyclic) bond motifs is 1. The Kier molecular flexibility index (Phi) is 3.46. The fourth-order valence-electron chi connectivity index (χ4n) is 2.88. The van der Waals surface area contributed by atoms with Gasteiger partial charge in [-0.2, -0.15) is 0 Å². The van der Waals surface area contributed by atoms with E-state index in [1.807, 2.05) is 25.3 Å². The van der Waals surface area contributed by atoms with Crippen LogP contribution in [-0.4, -0.2) is 39.1 Å². The van der Waals surface area contributed by atoms with Gasteiger partial charge in [0.2, 0.25) is 0 Å². The lowest BCUT2D eigenvalue weighted by molar-refractivity contribution is 0.282. The van der Waals surface area contributed by atoms with E-state index in [2.05, 4.69) is 26.5 Å². The van der Waals surface area contributed by atoms with Crippen molar-refractivity contribution in [3.05, 3.63) is 24.2 Å². The maximum atomic E-state index is 6.28. The van der Waals surface area contributed by atoms with E-state index in [0.29, 0.717) is 6.04 Å². The van der Waals surface area contributed by atoms with Gasteiger partial charge in [-0.15, -0.1) is 11.6 Å². The molecule has 2 aromatic rings. The van der Waals surface area contributed by atoms with Gasteiger partial charge < -0.3 is 9.47 Å². The number of hydrogen-bond donors (Lipinski definition) is 0. The number of hydrogen-bond acceptors (Lipinski definition) is 3. The third kappa shape index (κ3) is 2.35. The topological polar surface area (TPSA) is 34.0 Å². The zero-order valence-corrected chi connectivity index (χ0v) is 12.1. The average molecular weight is 279 g/mol. The fourth-order valence-corrected chi connectivity index (χ4v) is 3.05. The van der Waals surface area contributed by atoms with Crippen molar-refractivity contribution < 1.29 is 0 Å². The molecule has 1 fully saturated rings. The molecule has 4 nitrogen and oxygen atoms in total. The first kappa shape index (κ1) is 12.9. The number of pyridine rings is 1. The number of likely N-dealkylation sites (N-methyl/N-ethyl adjacent to an activating group) is 1. The van der Waals surface area contributed by atoms with Gasteiger partial charge in [0.25, 0.3) is 0 Å². The van der Waals surface area contributed by atoms with Gasteiger partial charge in [-0.1, -0.05) is 0 Å². The second-order valence-corrected chi connectivity index (χ2v) is 5.97. The third-order valence-electron chi connectivity index (χ3n) is 3.95. The number of likely N-dealkylation sites (tertiary alicyclic amines) is 1. The van der Waals surface area contributed by atoms with Gasteiger partial charge in [0.1, 0.15) is 11.3 Å². The van der Waals surface area contributed by atoms with Crippen LogP contribution in [0.4, 0.5) is 0 Å². The number of imidazole rings is 1. The van der Waals surface area contributed by atoms with Gasteiger partial charge in [-0.3, -0.25) is 0 Å². The molecule has 1 aliphatic heterocycles. The van der Waals surface area contributed by atoms with Crippen molar-refractivity contribution in [3.8, 4) is 0 Å². The maximum Gasteiger partial charge on any atom is 0.160 e. The first-order valence-corrected chi connectivity index (χ1v) is 7.26. The highest BCUT2D eigenvalue weighted by atomic mass is 35.5. The van der Waals surface area contributed by atoms with Crippen molar-refractivity contribution in [1.29, 1.82) is 0 Å². The summed E-state index contributed by atoms with van der Waals surface area (Å²) in [5.74, 6) is 0.927. The molecule has 0 N–H and O–H groups in total. The molecule has 1 saturated heterocycles. The van der Waals surface area contributed by atoms with E-state index >= 15 is 0 Å². The standard InChI is InChI=1S/C14H19ClN4/c1-10(15)13-17-12-6-3-7-16-14(12)19(13)9-11-5-4-8-18(11)2/h3,6-7,10-11H,4-5,8-9H2,1-2H3. The van der Waals surface area contributed by atoms with E-state index in [4.69, 9.17) is 11.6 Å². The van der Waals surface area contributed by atoms with Crippen LogP contribution < -0.4 is 0 Å². The van der Waals surface area contributed by atoms with Crippen LogP contribution in [0.25, 0.3) is 11.2 Å². The van der Waals surface area contributed by atoms with Gasteiger partial charge in [0, 0.05) is 18.8 Å². The van der Waals surface area contributed by atoms with E-state index in [9.17, 15) is 0 Å². The number of nitrogens with zero attached hydrogens (tertiary/aromatic N) is 4. The average Bonchev–Trinajstić information content (AvgIpc) is 2.95. The van der Waals surface area contributed by atoms with Crippen LogP contribution in [0.3, 0.4) is 0 Å². The second-order valence-electron chi connectivity index (χ2n) is 5.32. The number of rotatable bonds is 3. The quantitative estimate of drug-likeness (QED) is 0.810. The van der Waals surface area contributed by atoms with Crippen LogP contribution in [0.1, 0.15) is 31.0 Å². The third-order valence-corrected chi connectivity index (χ3v) is 4.15. The summed E-state index contributed by atoms with van der Waals surface area (Å²) in [6.45, 7) is 4.07. The summed E-state index contributed by atoms with van der Waals surface area (Å²) in [5.41, 5.74) is 1.89. The molecule has 1 aliphatic rings. The smallest absolute Gasteiger partial charge is 0.160 e. The van der Waals surface area contributed by atoms with E-state index in [1.54, 1.807) is 0 Å². The van der Waals surface area contributed by atoms with Crippen molar-refractivity contribution in [3.63, 3.8) is 0 Å². The fraction of sp³-hybridized carbons (Fsp3) is 0.571. The number of alkyl halides is 1. The van der Waals surface area contributed by atoms with E-state index < -0.39 is 0 Å². The van der Waals surface area contributed by atoms with Gasteiger partial charge in [-0.25, -0.2) is 9.97 Å². The molecule has 2 unspecified atom stereocenters. The van der Waals surface area contributed by atoms with E-state index in [0.717, 1.165) is 23.5 Å². The van der Waals surface area contributed by atoms with Crippen molar-refractivity contribution in [2.45, 2.75) is 37.7 Å². The van der Waals surface area contributed by atoms with Crippen LogP contribution >= 0.6 is 11.6 Å². The lowest BCUT2D eigenvalue weighted by Gasteiger charge is -2.21. The minimum atomic E-state index is -0.0964. The Morgan fingerprint density at radius 1 is 1.53 bits per heavy atom. The molecular weight excluding hydrogens is 260 g/mol. The van der Waals surface area contributed by atoms with Crippen molar-refractivity contribution >= 4 is 22.8 Å². The Morgan fingerprint density at radius 2 is 2.37 bits per heavy atom. The largest absolute Gasteiger partial charge is 0.310 e. The summed E-state index contributed by atoms with van der Waals surface area (Å²) < 4.78 is 2.19. The Bertz CT molecular complexity index is 578. The van der Waals surface area contributed by atoms with Crippen LogP contribution in [0.5, 0.6) is 0 Å². The Labute approximate surface area is 118 Å². The van der Waals surface area contributed by atoms with Crippen molar-refractivity contribution in [2.24, 2.45) is 0 Å². The van der Waals surface area contributed by atoms with Crippen molar-refractivity contribution in [2.75, 3.05) is 13.6 Å². The normalized spacial score (nSPS) is 22.2. The Hall–Kier alpha value is -1.13. The summed E-state index contributed by atoms with van der Waals surface area (Å²) >= 11 is 6.28. The van der Waals surface area contributed by atoms with E-state index in [-0.39, 0.29) is 5.38 Å². The van der Waals surface area contributed by atoms with Crippen molar-refractivity contribution in [1.82, 2.24) is 19.4 Å². The summed E-state index contributed by atoms with van der Waals surface area (Å²) in [5, 5.41) is -0.0964. The molecule has 3 heterocycles. The van der Waals surface area contributed by atoms with Gasteiger partial charge in [0.15, 0.2) is 5.65 Å². The molecule has 0 aliphatic carbocycles. The van der Waals surface area contributed by atoms with Gasteiger partial charge >= 0.3 is 0 Å². The maximum absolute atomic E-state index is 6.28. The molecule has 2 atom stereocenters. The molecule has 5 heteroatoms. The molecule has 0 saturated carbocycles. The summed E-state index contributed by atoms with van der Waals surface area (Å²) in [4.78, 5) is 11.5. The lowest BCUT2D eigenvalue weighted by Crippen LogP contribution is -2.30. The number of aromatic nitrogens is 3. The zero-order chi connectivity index (χ0) is 13.4. The highest BCUT2D eigenvalue weighted by Crippen LogP contribution is 2.26. The molecule has 0 spiro atoms. The summed E-state index contributed by atoms with van der Waals surface area (Å²) in [6.07, 6.45) is 4.33. The SMILES string of the molecule is CC(Cl)c1nc2cccnc2n1CC1CCCN1C.